The summed E-state index contributed by atoms with van der Waals surface area (Å²) in [6.45, 7) is 4.75. The number of nitrogens with zero attached hydrogens (tertiary/aromatic N) is 4. The Morgan fingerprint density at radius 1 is 1.28 bits per heavy atom. The largest absolute Gasteiger partial charge is 0.307 e. The van der Waals surface area contributed by atoms with E-state index >= 15 is 0 Å². The zero-order valence-electron chi connectivity index (χ0n) is 10.3. The SMILES string of the molecule is Cc1nn(Cc2cn3ccccc3n2)c(C)c1Br. The van der Waals surface area contributed by atoms with Crippen molar-refractivity contribution in [3.05, 3.63) is 52.1 Å². The van der Waals surface area contributed by atoms with Crippen LogP contribution in [0.2, 0.25) is 0 Å². The molecule has 3 aromatic rings. The molecule has 0 aromatic carbocycles. The van der Waals surface area contributed by atoms with E-state index in [1.54, 1.807) is 0 Å². The Hall–Kier alpha value is -1.62. The Balaban J connectivity index is 1.98. The number of aromatic nitrogens is 4. The lowest BCUT2D eigenvalue weighted by Crippen LogP contribution is -2.04. The normalized spacial score (nSPS) is 11.3. The molecule has 0 aliphatic carbocycles. The molecule has 18 heavy (non-hydrogen) atoms. The number of imidazole rings is 1. The average Bonchev–Trinajstić information content (AvgIpc) is 2.87. The zero-order chi connectivity index (χ0) is 12.7. The summed E-state index contributed by atoms with van der Waals surface area (Å²) in [5, 5.41) is 4.50. The molecule has 4 nitrogen and oxygen atoms in total. The van der Waals surface area contributed by atoms with Gasteiger partial charge in [-0.3, -0.25) is 4.68 Å². The fourth-order valence-electron chi connectivity index (χ4n) is 2.05. The quantitative estimate of drug-likeness (QED) is 0.729. The first kappa shape index (κ1) is 11.5. The van der Waals surface area contributed by atoms with Gasteiger partial charge in [0.15, 0.2) is 0 Å². The maximum atomic E-state index is 4.57. The van der Waals surface area contributed by atoms with E-state index in [1.807, 2.05) is 46.6 Å². The molecule has 3 heterocycles. The Bertz CT molecular complexity index is 678. The molecule has 3 aromatic heterocycles. The lowest BCUT2D eigenvalue weighted by atomic mass is 10.4. The number of aryl methyl sites for hydroxylation is 1. The van der Waals surface area contributed by atoms with Crippen LogP contribution in [0, 0.1) is 13.8 Å². The van der Waals surface area contributed by atoms with Crippen molar-refractivity contribution >= 4 is 21.6 Å². The molecule has 0 bridgehead atoms. The number of hydrogen-bond donors (Lipinski definition) is 0. The van der Waals surface area contributed by atoms with Gasteiger partial charge in [-0.25, -0.2) is 4.98 Å². The number of rotatable bonds is 2. The second kappa shape index (κ2) is 4.24. The molecule has 0 amide bonds. The van der Waals surface area contributed by atoms with Crippen molar-refractivity contribution in [2.45, 2.75) is 20.4 Å². The third kappa shape index (κ3) is 1.84. The molecular formula is C13H13BrN4. The van der Waals surface area contributed by atoms with Crippen LogP contribution in [0.4, 0.5) is 0 Å². The topological polar surface area (TPSA) is 35.1 Å². The fourth-order valence-corrected chi connectivity index (χ4v) is 2.33. The zero-order valence-corrected chi connectivity index (χ0v) is 11.8. The average molecular weight is 305 g/mol. The van der Waals surface area contributed by atoms with E-state index in [-0.39, 0.29) is 0 Å². The number of fused-ring (bicyclic) bond motifs is 1. The van der Waals surface area contributed by atoms with E-state index < -0.39 is 0 Å². The van der Waals surface area contributed by atoms with Gasteiger partial charge >= 0.3 is 0 Å². The van der Waals surface area contributed by atoms with E-state index in [1.165, 1.54) is 0 Å². The molecule has 0 unspecified atom stereocenters. The highest BCUT2D eigenvalue weighted by atomic mass is 79.9. The summed E-state index contributed by atoms with van der Waals surface area (Å²) in [4.78, 5) is 4.57. The van der Waals surface area contributed by atoms with Gasteiger partial charge in [-0.15, -0.1) is 0 Å². The Morgan fingerprint density at radius 2 is 2.11 bits per heavy atom. The summed E-state index contributed by atoms with van der Waals surface area (Å²) in [5.74, 6) is 0. The standard InChI is InChI=1S/C13H13BrN4/c1-9-13(14)10(2)18(16-9)8-11-7-17-6-4-3-5-12(17)15-11/h3-7H,8H2,1-2H3. The van der Waals surface area contributed by atoms with Gasteiger partial charge in [0.1, 0.15) is 5.65 Å². The van der Waals surface area contributed by atoms with E-state index in [9.17, 15) is 0 Å². The second-order valence-electron chi connectivity index (χ2n) is 4.34. The number of pyridine rings is 1. The highest BCUT2D eigenvalue weighted by Crippen LogP contribution is 2.20. The molecule has 5 heteroatoms. The highest BCUT2D eigenvalue weighted by molar-refractivity contribution is 9.10. The van der Waals surface area contributed by atoms with Crippen LogP contribution in [-0.2, 0) is 6.54 Å². The lowest BCUT2D eigenvalue weighted by Gasteiger charge is -2.00. The molecule has 0 spiro atoms. The van der Waals surface area contributed by atoms with Crippen molar-refractivity contribution in [1.29, 1.82) is 0 Å². The van der Waals surface area contributed by atoms with Gasteiger partial charge in [-0.05, 0) is 41.9 Å². The van der Waals surface area contributed by atoms with Gasteiger partial charge in [-0.2, -0.15) is 5.10 Å². The maximum Gasteiger partial charge on any atom is 0.137 e. The summed E-state index contributed by atoms with van der Waals surface area (Å²) >= 11 is 3.54. The number of hydrogen-bond acceptors (Lipinski definition) is 2. The molecule has 0 N–H and O–H groups in total. The van der Waals surface area contributed by atoms with Crippen LogP contribution < -0.4 is 0 Å². The second-order valence-corrected chi connectivity index (χ2v) is 5.13. The first-order valence-electron chi connectivity index (χ1n) is 5.77. The van der Waals surface area contributed by atoms with Crippen LogP contribution in [-0.4, -0.2) is 19.2 Å². The van der Waals surface area contributed by atoms with Crippen LogP contribution in [0.1, 0.15) is 17.1 Å². The summed E-state index contributed by atoms with van der Waals surface area (Å²) in [6, 6.07) is 5.99. The molecule has 92 valence electrons. The third-order valence-corrected chi connectivity index (χ3v) is 4.17. The van der Waals surface area contributed by atoms with E-state index in [0.717, 1.165) is 27.2 Å². The van der Waals surface area contributed by atoms with E-state index in [0.29, 0.717) is 6.54 Å². The predicted octanol–water partition coefficient (Wildman–Crippen LogP) is 2.96. The summed E-state index contributed by atoms with van der Waals surface area (Å²) in [5.41, 5.74) is 4.12. The first-order chi connectivity index (χ1) is 8.65. The van der Waals surface area contributed by atoms with Crippen molar-refractivity contribution in [3.8, 4) is 0 Å². The van der Waals surface area contributed by atoms with Gasteiger partial charge in [0, 0.05) is 12.4 Å². The molecule has 0 atom stereocenters. The fraction of sp³-hybridized carbons (Fsp3) is 0.231. The van der Waals surface area contributed by atoms with Crippen molar-refractivity contribution in [2.24, 2.45) is 0 Å². The van der Waals surface area contributed by atoms with Crippen LogP contribution in [0.3, 0.4) is 0 Å². The third-order valence-electron chi connectivity index (χ3n) is 3.02. The van der Waals surface area contributed by atoms with Crippen molar-refractivity contribution in [2.75, 3.05) is 0 Å². The molecule has 0 aliphatic rings. The van der Waals surface area contributed by atoms with Crippen LogP contribution in [0.25, 0.3) is 5.65 Å². The molecule has 0 saturated carbocycles. The van der Waals surface area contributed by atoms with Crippen molar-refractivity contribution in [1.82, 2.24) is 19.2 Å². The molecule has 0 fully saturated rings. The number of halogens is 1. The minimum Gasteiger partial charge on any atom is -0.307 e. The first-order valence-corrected chi connectivity index (χ1v) is 6.56. The van der Waals surface area contributed by atoms with Gasteiger partial charge in [-0.1, -0.05) is 6.07 Å². The minimum atomic E-state index is 0.694. The van der Waals surface area contributed by atoms with Crippen LogP contribution in [0.15, 0.2) is 35.1 Å². The Morgan fingerprint density at radius 3 is 2.78 bits per heavy atom. The van der Waals surface area contributed by atoms with Gasteiger partial charge in [0.2, 0.25) is 0 Å². The summed E-state index contributed by atoms with van der Waals surface area (Å²) in [7, 11) is 0. The van der Waals surface area contributed by atoms with Gasteiger partial charge in [0.05, 0.1) is 28.1 Å². The highest BCUT2D eigenvalue weighted by Gasteiger charge is 2.10. The molecular weight excluding hydrogens is 292 g/mol. The molecule has 0 radical (unpaired) electrons. The van der Waals surface area contributed by atoms with E-state index in [2.05, 4.69) is 32.9 Å². The molecule has 3 rings (SSSR count). The Kier molecular flexibility index (Phi) is 2.70. The monoisotopic (exact) mass is 304 g/mol. The van der Waals surface area contributed by atoms with Crippen LogP contribution in [0.5, 0.6) is 0 Å². The Labute approximate surface area is 113 Å². The van der Waals surface area contributed by atoms with Gasteiger partial charge in [0.25, 0.3) is 0 Å². The molecule has 0 aliphatic heterocycles. The van der Waals surface area contributed by atoms with Crippen LogP contribution >= 0.6 is 15.9 Å². The lowest BCUT2D eigenvalue weighted by molar-refractivity contribution is 0.649. The van der Waals surface area contributed by atoms with E-state index in [4.69, 9.17) is 0 Å². The maximum absolute atomic E-state index is 4.57. The summed E-state index contributed by atoms with van der Waals surface area (Å²) < 4.78 is 5.07. The smallest absolute Gasteiger partial charge is 0.137 e. The predicted molar refractivity (Wildman–Crippen MR) is 73.7 cm³/mol. The van der Waals surface area contributed by atoms with Crippen molar-refractivity contribution < 1.29 is 0 Å². The van der Waals surface area contributed by atoms with Crippen molar-refractivity contribution in [3.63, 3.8) is 0 Å². The van der Waals surface area contributed by atoms with Gasteiger partial charge < -0.3 is 4.40 Å². The minimum absolute atomic E-state index is 0.694. The summed E-state index contributed by atoms with van der Waals surface area (Å²) in [6.07, 6.45) is 4.04. The molecule has 0 saturated heterocycles.